The molecule has 1 unspecified atom stereocenters. The number of nitrogens with one attached hydrogen (secondary N) is 1. The molecule has 0 saturated heterocycles. The molecule has 0 aliphatic heterocycles. The Morgan fingerprint density at radius 3 is 2.33 bits per heavy atom. The molecule has 2 aromatic rings. The summed E-state index contributed by atoms with van der Waals surface area (Å²) in [5, 5.41) is 0. The van der Waals surface area contributed by atoms with Crippen molar-refractivity contribution in [2.45, 2.75) is 26.8 Å². The van der Waals surface area contributed by atoms with E-state index in [1.165, 1.54) is 30.9 Å². The maximum atomic E-state index is 5.73. The van der Waals surface area contributed by atoms with Crippen LogP contribution in [0.4, 0.5) is 0 Å². The predicted molar refractivity (Wildman–Crippen MR) is 81.8 cm³/mol. The van der Waals surface area contributed by atoms with Crippen molar-refractivity contribution in [2.75, 3.05) is 0 Å². The number of thiophene rings is 1. The first-order valence-electron chi connectivity index (χ1n) is 5.82. The van der Waals surface area contributed by atoms with Crippen LogP contribution in [0.15, 0.2) is 28.1 Å². The van der Waals surface area contributed by atoms with Gasteiger partial charge in [0.25, 0.3) is 0 Å². The Labute approximate surface area is 120 Å². The summed E-state index contributed by atoms with van der Waals surface area (Å²) in [5.41, 5.74) is 7.96. The Morgan fingerprint density at radius 2 is 1.83 bits per heavy atom. The second kappa shape index (κ2) is 5.53. The Balaban J connectivity index is 2.41. The fourth-order valence-electron chi connectivity index (χ4n) is 1.91. The molecule has 1 atom stereocenters. The average Bonchev–Trinajstić information content (AvgIpc) is 2.65. The van der Waals surface area contributed by atoms with Crippen LogP contribution in [0.1, 0.15) is 33.2 Å². The highest BCUT2D eigenvalue weighted by molar-refractivity contribution is 9.11. The maximum absolute atomic E-state index is 5.73. The van der Waals surface area contributed by atoms with Crippen LogP contribution in [-0.4, -0.2) is 0 Å². The van der Waals surface area contributed by atoms with Gasteiger partial charge >= 0.3 is 0 Å². The monoisotopic (exact) mass is 324 g/mol. The van der Waals surface area contributed by atoms with Crippen molar-refractivity contribution < 1.29 is 0 Å². The van der Waals surface area contributed by atoms with E-state index in [4.69, 9.17) is 5.84 Å². The normalized spacial score (nSPS) is 12.7. The molecule has 1 aromatic carbocycles. The fraction of sp³-hybridized carbons (Fsp3) is 0.286. The highest BCUT2D eigenvalue weighted by atomic mass is 79.9. The molecule has 1 heterocycles. The first-order valence-corrected chi connectivity index (χ1v) is 7.43. The van der Waals surface area contributed by atoms with Crippen LogP contribution in [0, 0.1) is 20.8 Å². The summed E-state index contributed by atoms with van der Waals surface area (Å²) in [6.45, 7) is 6.34. The van der Waals surface area contributed by atoms with Gasteiger partial charge in [-0.2, -0.15) is 0 Å². The van der Waals surface area contributed by atoms with E-state index in [1.54, 1.807) is 11.3 Å². The second-order valence-corrected chi connectivity index (χ2v) is 6.95. The molecule has 2 nitrogen and oxygen atoms in total. The topological polar surface area (TPSA) is 38.0 Å². The molecular formula is C14H17BrN2S. The van der Waals surface area contributed by atoms with Gasteiger partial charge in [0.2, 0.25) is 0 Å². The van der Waals surface area contributed by atoms with Gasteiger partial charge in [-0.25, -0.2) is 5.43 Å². The van der Waals surface area contributed by atoms with E-state index < -0.39 is 0 Å². The van der Waals surface area contributed by atoms with Crippen molar-refractivity contribution >= 4 is 27.3 Å². The standard InChI is InChI=1S/C14H17BrN2S/c1-8-4-5-11(6-9(8)2)13(17-16)12-7-10(3)14(15)18-12/h4-7,13,17H,16H2,1-3H3. The molecule has 3 N–H and O–H groups in total. The lowest BCUT2D eigenvalue weighted by atomic mass is 10.0. The molecule has 4 heteroatoms. The van der Waals surface area contributed by atoms with Crippen LogP contribution < -0.4 is 11.3 Å². The lowest BCUT2D eigenvalue weighted by molar-refractivity contribution is 0.646. The van der Waals surface area contributed by atoms with E-state index in [2.05, 4.69) is 66.4 Å². The van der Waals surface area contributed by atoms with Gasteiger partial charge in [-0.1, -0.05) is 18.2 Å². The number of hydrogen-bond acceptors (Lipinski definition) is 3. The van der Waals surface area contributed by atoms with Crippen LogP contribution in [0.3, 0.4) is 0 Å². The van der Waals surface area contributed by atoms with Gasteiger partial charge in [-0.05, 0) is 65.0 Å². The minimum Gasteiger partial charge on any atom is -0.271 e. The summed E-state index contributed by atoms with van der Waals surface area (Å²) in [5.74, 6) is 5.73. The minimum atomic E-state index is 0.0549. The van der Waals surface area contributed by atoms with E-state index in [1.807, 2.05) is 0 Å². The van der Waals surface area contributed by atoms with E-state index in [0.29, 0.717) is 0 Å². The van der Waals surface area contributed by atoms with Gasteiger partial charge in [0.05, 0.1) is 9.83 Å². The molecule has 0 saturated carbocycles. The third kappa shape index (κ3) is 2.67. The molecule has 0 aliphatic carbocycles. The average molecular weight is 325 g/mol. The number of nitrogens with two attached hydrogens (primary N) is 1. The third-order valence-electron chi connectivity index (χ3n) is 3.19. The highest BCUT2D eigenvalue weighted by Gasteiger charge is 2.16. The lowest BCUT2D eigenvalue weighted by Crippen LogP contribution is -2.28. The maximum Gasteiger partial charge on any atom is 0.0803 e. The Bertz CT molecular complexity index is 543. The van der Waals surface area contributed by atoms with Crippen molar-refractivity contribution in [1.82, 2.24) is 5.43 Å². The summed E-state index contributed by atoms with van der Waals surface area (Å²) < 4.78 is 1.17. The van der Waals surface area contributed by atoms with Crippen molar-refractivity contribution in [3.63, 3.8) is 0 Å². The highest BCUT2D eigenvalue weighted by Crippen LogP contribution is 2.34. The van der Waals surface area contributed by atoms with Crippen molar-refractivity contribution in [3.05, 3.63) is 55.2 Å². The summed E-state index contributed by atoms with van der Waals surface area (Å²) >= 11 is 5.29. The fourth-order valence-corrected chi connectivity index (χ4v) is 3.57. The second-order valence-electron chi connectivity index (χ2n) is 4.55. The van der Waals surface area contributed by atoms with Gasteiger partial charge in [0, 0.05) is 4.88 Å². The minimum absolute atomic E-state index is 0.0549. The number of aryl methyl sites for hydroxylation is 3. The number of benzene rings is 1. The first-order chi connectivity index (χ1) is 8.52. The number of rotatable bonds is 3. The van der Waals surface area contributed by atoms with Gasteiger partial charge in [-0.15, -0.1) is 11.3 Å². The molecule has 0 fully saturated rings. The molecule has 2 rings (SSSR count). The number of hydrazine groups is 1. The molecule has 0 radical (unpaired) electrons. The lowest BCUT2D eigenvalue weighted by Gasteiger charge is -2.16. The zero-order valence-corrected chi connectivity index (χ0v) is 13.2. The number of halogens is 1. The van der Waals surface area contributed by atoms with Crippen molar-refractivity contribution in [3.8, 4) is 0 Å². The van der Waals surface area contributed by atoms with Crippen LogP contribution in [-0.2, 0) is 0 Å². The molecule has 0 bridgehead atoms. The smallest absolute Gasteiger partial charge is 0.0803 e. The van der Waals surface area contributed by atoms with Gasteiger partial charge in [0.1, 0.15) is 0 Å². The molecule has 96 valence electrons. The summed E-state index contributed by atoms with van der Waals surface area (Å²) in [4.78, 5) is 1.23. The molecule has 18 heavy (non-hydrogen) atoms. The third-order valence-corrected chi connectivity index (χ3v) is 5.39. The molecule has 1 aromatic heterocycles. The van der Waals surface area contributed by atoms with Gasteiger partial charge in [-0.3, -0.25) is 5.84 Å². The largest absolute Gasteiger partial charge is 0.271 e. The van der Waals surface area contributed by atoms with Crippen LogP contribution in [0.2, 0.25) is 0 Å². The van der Waals surface area contributed by atoms with Gasteiger partial charge < -0.3 is 0 Å². The van der Waals surface area contributed by atoms with Crippen molar-refractivity contribution in [1.29, 1.82) is 0 Å². The zero-order valence-electron chi connectivity index (χ0n) is 10.8. The summed E-state index contributed by atoms with van der Waals surface area (Å²) in [6.07, 6.45) is 0. The van der Waals surface area contributed by atoms with E-state index in [9.17, 15) is 0 Å². The van der Waals surface area contributed by atoms with Crippen LogP contribution >= 0.6 is 27.3 Å². The Hall–Kier alpha value is -0.680. The summed E-state index contributed by atoms with van der Waals surface area (Å²) in [6, 6.07) is 8.71. The van der Waals surface area contributed by atoms with Crippen molar-refractivity contribution in [2.24, 2.45) is 5.84 Å². The molecule has 0 spiro atoms. The molecular weight excluding hydrogens is 308 g/mol. The first kappa shape index (κ1) is 13.7. The molecule has 0 amide bonds. The summed E-state index contributed by atoms with van der Waals surface area (Å²) in [7, 11) is 0. The number of hydrogen-bond donors (Lipinski definition) is 2. The van der Waals surface area contributed by atoms with Crippen LogP contribution in [0.25, 0.3) is 0 Å². The predicted octanol–water partition coefficient (Wildman–Crippen LogP) is 3.99. The van der Waals surface area contributed by atoms with Gasteiger partial charge in [0.15, 0.2) is 0 Å². The quantitative estimate of drug-likeness (QED) is 0.661. The van der Waals surface area contributed by atoms with E-state index >= 15 is 0 Å². The van der Waals surface area contributed by atoms with E-state index in [0.717, 1.165) is 0 Å². The molecule has 0 aliphatic rings. The van der Waals surface area contributed by atoms with E-state index in [-0.39, 0.29) is 6.04 Å². The van der Waals surface area contributed by atoms with Crippen LogP contribution in [0.5, 0.6) is 0 Å². The Kier molecular flexibility index (Phi) is 4.22. The Morgan fingerprint density at radius 1 is 1.11 bits per heavy atom. The SMILES string of the molecule is Cc1ccc(C(NN)c2cc(C)c(Br)s2)cc1C. The zero-order chi connectivity index (χ0) is 13.3.